The van der Waals surface area contributed by atoms with Gasteiger partial charge < -0.3 is 14.8 Å². The van der Waals surface area contributed by atoms with E-state index in [1.54, 1.807) is 14.0 Å². The Labute approximate surface area is 161 Å². The van der Waals surface area contributed by atoms with E-state index in [9.17, 15) is 9.59 Å². The van der Waals surface area contributed by atoms with Gasteiger partial charge in [-0.05, 0) is 36.8 Å². The van der Waals surface area contributed by atoms with Crippen LogP contribution in [0.1, 0.15) is 28.6 Å². The smallest absolute Gasteiger partial charge is 0.222 e. The Kier molecular flexibility index (Phi) is 5.96. The highest BCUT2D eigenvalue weighted by Crippen LogP contribution is 2.41. The number of hydrogen-bond acceptors (Lipinski definition) is 5. The van der Waals surface area contributed by atoms with Crippen molar-refractivity contribution in [3.8, 4) is 16.2 Å². The zero-order valence-electron chi connectivity index (χ0n) is 14.6. The van der Waals surface area contributed by atoms with Crippen LogP contribution in [0.5, 0.6) is 5.75 Å². The highest BCUT2D eigenvalue weighted by molar-refractivity contribution is 7.17. The van der Waals surface area contributed by atoms with Gasteiger partial charge in [-0.3, -0.25) is 9.59 Å². The van der Waals surface area contributed by atoms with E-state index < -0.39 is 0 Å². The largest absolute Gasteiger partial charge is 0.486 e. The average molecular weight is 394 g/mol. The molecule has 1 N–H and O–H groups in total. The Morgan fingerprint density at radius 3 is 2.88 bits per heavy atom. The van der Waals surface area contributed by atoms with Gasteiger partial charge in [-0.15, -0.1) is 11.3 Å². The molecule has 3 rings (SSSR count). The second kappa shape index (κ2) is 8.20. The van der Waals surface area contributed by atoms with Gasteiger partial charge in [0.15, 0.2) is 5.78 Å². The van der Waals surface area contributed by atoms with Crippen molar-refractivity contribution in [2.75, 3.05) is 20.3 Å². The lowest BCUT2D eigenvalue weighted by Crippen LogP contribution is -2.34. The first-order valence-electron chi connectivity index (χ1n) is 8.33. The zero-order valence-corrected chi connectivity index (χ0v) is 16.2. The molecule has 0 radical (unpaired) electrons. The highest BCUT2D eigenvalue weighted by atomic mass is 35.5. The van der Waals surface area contributed by atoms with Crippen LogP contribution in [-0.2, 0) is 16.0 Å². The molecule has 1 aromatic heterocycles. The summed E-state index contributed by atoms with van der Waals surface area (Å²) in [6, 6.07) is 7.67. The van der Waals surface area contributed by atoms with Crippen LogP contribution in [-0.4, -0.2) is 38.1 Å². The average Bonchev–Trinajstić information content (AvgIpc) is 3.25. The number of amides is 1. The molecule has 2 aromatic rings. The van der Waals surface area contributed by atoms with Crippen molar-refractivity contribution in [3.63, 3.8) is 0 Å². The number of ketones is 1. The predicted molar refractivity (Wildman–Crippen MR) is 102 cm³/mol. The molecular weight excluding hydrogens is 374 g/mol. The minimum Gasteiger partial charge on any atom is -0.486 e. The number of halogens is 1. The molecule has 0 saturated carbocycles. The molecular formula is C19H20ClNO4S. The Bertz CT molecular complexity index is 833. The van der Waals surface area contributed by atoms with Crippen molar-refractivity contribution in [1.29, 1.82) is 0 Å². The number of fused-ring (bicyclic) bond motifs is 1. The van der Waals surface area contributed by atoms with Crippen molar-refractivity contribution in [2.24, 2.45) is 0 Å². The number of nitrogens with one attached hydrogen (secondary N) is 1. The van der Waals surface area contributed by atoms with Crippen LogP contribution in [0.4, 0.5) is 0 Å². The standard InChI is InChI=1S/C19H20ClNO4S/c1-11(22)16-3-4-17(26-16)12-7-13-8-14(25-19(13)15(20)9-12)10-21-18(23)5-6-24-2/h3-4,7,9,14H,5-6,8,10H2,1-2H3,(H,21,23). The van der Waals surface area contributed by atoms with Crippen molar-refractivity contribution in [1.82, 2.24) is 5.32 Å². The molecule has 2 heterocycles. The van der Waals surface area contributed by atoms with Gasteiger partial charge in [0.1, 0.15) is 11.9 Å². The maximum absolute atomic E-state index is 11.7. The van der Waals surface area contributed by atoms with Gasteiger partial charge in [0.2, 0.25) is 5.91 Å². The summed E-state index contributed by atoms with van der Waals surface area (Å²) in [5.74, 6) is 0.671. The predicted octanol–water partition coefficient (Wildman–Crippen LogP) is 3.73. The first-order chi connectivity index (χ1) is 12.5. The van der Waals surface area contributed by atoms with Crippen LogP contribution in [0.25, 0.3) is 10.4 Å². The molecule has 1 unspecified atom stereocenters. The zero-order chi connectivity index (χ0) is 18.7. The summed E-state index contributed by atoms with van der Waals surface area (Å²) in [5.41, 5.74) is 1.99. The molecule has 0 fully saturated rings. The first kappa shape index (κ1) is 18.9. The Morgan fingerprint density at radius 1 is 1.38 bits per heavy atom. The SMILES string of the molecule is COCCC(=O)NCC1Cc2cc(-c3ccc(C(C)=O)s3)cc(Cl)c2O1. The van der Waals surface area contributed by atoms with Crippen molar-refractivity contribution in [3.05, 3.63) is 39.7 Å². The van der Waals surface area contributed by atoms with Gasteiger partial charge in [0, 0.05) is 30.4 Å². The van der Waals surface area contributed by atoms with E-state index >= 15 is 0 Å². The van der Waals surface area contributed by atoms with Crippen LogP contribution in [0, 0.1) is 0 Å². The molecule has 5 nitrogen and oxygen atoms in total. The molecule has 7 heteroatoms. The summed E-state index contributed by atoms with van der Waals surface area (Å²) in [6.45, 7) is 2.39. The normalized spacial score (nSPS) is 15.4. The minimum absolute atomic E-state index is 0.0566. The van der Waals surface area contributed by atoms with E-state index in [0.717, 1.165) is 20.9 Å². The molecule has 0 spiro atoms. The second-order valence-electron chi connectivity index (χ2n) is 6.16. The summed E-state index contributed by atoms with van der Waals surface area (Å²) in [7, 11) is 1.57. The molecule has 1 aliphatic rings. The summed E-state index contributed by atoms with van der Waals surface area (Å²) < 4.78 is 10.8. The third-order valence-corrected chi connectivity index (χ3v) is 5.67. The monoisotopic (exact) mass is 393 g/mol. The summed E-state index contributed by atoms with van der Waals surface area (Å²) >= 11 is 7.85. The lowest BCUT2D eigenvalue weighted by Gasteiger charge is -2.12. The Hall–Kier alpha value is -1.89. The molecule has 1 aromatic carbocycles. The Balaban J connectivity index is 1.69. The van der Waals surface area contributed by atoms with Crippen molar-refractivity contribution >= 4 is 34.6 Å². The maximum Gasteiger partial charge on any atom is 0.222 e. The van der Waals surface area contributed by atoms with E-state index in [0.29, 0.717) is 36.8 Å². The van der Waals surface area contributed by atoms with Gasteiger partial charge in [0.05, 0.1) is 23.1 Å². The number of rotatable bonds is 7. The molecule has 0 saturated heterocycles. The summed E-state index contributed by atoms with van der Waals surface area (Å²) in [5, 5.41) is 3.40. The molecule has 1 atom stereocenters. The lowest BCUT2D eigenvalue weighted by atomic mass is 10.1. The quantitative estimate of drug-likeness (QED) is 0.728. The fourth-order valence-electron chi connectivity index (χ4n) is 2.84. The number of benzene rings is 1. The number of carbonyl (C=O) groups is 2. The van der Waals surface area contributed by atoms with Crippen molar-refractivity contribution < 1.29 is 19.1 Å². The van der Waals surface area contributed by atoms with E-state index in [4.69, 9.17) is 21.1 Å². The van der Waals surface area contributed by atoms with E-state index in [2.05, 4.69) is 5.32 Å². The van der Waals surface area contributed by atoms with Gasteiger partial charge in [0.25, 0.3) is 0 Å². The molecule has 0 aliphatic carbocycles. The van der Waals surface area contributed by atoms with Crippen LogP contribution in [0.15, 0.2) is 24.3 Å². The number of thiophene rings is 1. The number of ether oxygens (including phenoxy) is 2. The van der Waals surface area contributed by atoms with Gasteiger partial charge in [-0.25, -0.2) is 0 Å². The fraction of sp³-hybridized carbons (Fsp3) is 0.368. The van der Waals surface area contributed by atoms with E-state index in [1.165, 1.54) is 11.3 Å². The summed E-state index contributed by atoms with van der Waals surface area (Å²) in [4.78, 5) is 24.9. The van der Waals surface area contributed by atoms with Gasteiger partial charge in [-0.2, -0.15) is 0 Å². The second-order valence-corrected chi connectivity index (χ2v) is 7.65. The molecule has 0 bridgehead atoms. The van der Waals surface area contributed by atoms with Crippen molar-refractivity contribution in [2.45, 2.75) is 25.9 Å². The number of methoxy groups -OCH3 is 1. The topological polar surface area (TPSA) is 64.6 Å². The lowest BCUT2D eigenvalue weighted by molar-refractivity contribution is -0.122. The molecule has 1 amide bonds. The molecule has 1 aliphatic heterocycles. The fourth-order valence-corrected chi connectivity index (χ4v) is 4.01. The maximum atomic E-state index is 11.7. The van der Waals surface area contributed by atoms with E-state index in [1.807, 2.05) is 24.3 Å². The van der Waals surface area contributed by atoms with Crippen LogP contribution in [0.3, 0.4) is 0 Å². The third kappa shape index (κ3) is 4.26. The van der Waals surface area contributed by atoms with Gasteiger partial charge in [-0.1, -0.05) is 11.6 Å². The van der Waals surface area contributed by atoms with Crippen LogP contribution < -0.4 is 10.1 Å². The van der Waals surface area contributed by atoms with E-state index in [-0.39, 0.29) is 17.8 Å². The third-order valence-electron chi connectivity index (χ3n) is 4.15. The molecule has 138 valence electrons. The molecule has 26 heavy (non-hydrogen) atoms. The highest BCUT2D eigenvalue weighted by Gasteiger charge is 2.26. The summed E-state index contributed by atoms with van der Waals surface area (Å²) in [6.07, 6.45) is 0.872. The number of hydrogen-bond donors (Lipinski definition) is 1. The first-order valence-corrected chi connectivity index (χ1v) is 9.53. The minimum atomic E-state index is -0.139. The van der Waals surface area contributed by atoms with Gasteiger partial charge >= 0.3 is 0 Å². The van der Waals surface area contributed by atoms with Crippen LogP contribution in [0.2, 0.25) is 5.02 Å². The Morgan fingerprint density at radius 2 is 2.19 bits per heavy atom. The number of carbonyl (C=O) groups excluding carboxylic acids is 2. The van der Waals surface area contributed by atoms with Crippen LogP contribution >= 0.6 is 22.9 Å². The number of Topliss-reactive ketones (excluding diaryl/α,β-unsaturated/α-hetero) is 1.